The summed E-state index contributed by atoms with van der Waals surface area (Å²) in [7, 11) is -1.39. The molecule has 0 aromatic heterocycles. The molecule has 1 aliphatic rings. The van der Waals surface area contributed by atoms with Crippen LogP contribution in [0.1, 0.15) is 23.7 Å². The summed E-state index contributed by atoms with van der Waals surface area (Å²) in [5, 5.41) is 5.86. The number of carbonyl (C=O) groups is 1. The molecule has 1 unspecified atom stereocenters. The molecule has 124 valence electrons. The number of sulfonamides is 1. The minimum absolute atomic E-state index is 0. The Kier molecular flexibility index (Phi) is 6.65. The number of hydrogen-bond donors (Lipinski definition) is 2. The van der Waals surface area contributed by atoms with Gasteiger partial charge in [-0.15, -0.1) is 12.4 Å². The first-order chi connectivity index (χ1) is 9.94. The number of benzene rings is 1. The number of nitrogens with one attached hydrogen (secondary N) is 2. The van der Waals surface area contributed by atoms with Crippen LogP contribution in [0.15, 0.2) is 24.3 Å². The predicted octanol–water partition coefficient (Wildman–Crippen LogP) is 0.986. The number of hydrogen-bond acceptors (Lipinski definition) is 4. The summed E-state index contributed by atoms with van der Waals surface area (Å²) in [4.78, 5) is 12.1. The zero-order valence-electron chi connectivity index (χ0n) is 12.7. The van der Waals surface area contributed by atoms with Crippen molar-refractivity contribution in [2.75, 3.05) is 30.2 Å². The van der Waals surface area contributed by atoms with Crippen LogP contribution in [0.2, 0.25) is 0 Å². The molecule has 1 atom stereocenters. The zero-order valence-corrected chi connectivity index (χ0v) is 14.3. The molecule has 6 nitrogen and oxygen atoms in total. The first kappa shape index (κ1) is 18.7. The number of carbonyl (C=O) groups excluding carboxylic acids is 1. The molecular weight excluding hydrogens is 326 g/mol. The second-order valence-electron chi connectivity index (χ2n) is 5.19. The highest BCUT2D eigenvalue weighted by molar-refractivity contribution is 7.93. The summed E-state index contributed by atoms with van der Waals surface area (Å²) in [5.41, 5.74) is 1.03. The van der Waals surface area contributed by atoms with Gasteiger partial charge in [-0.3, -0.25) is 9.10 Å². The molecule has 22 heavy (non-hydrogen) atoms. The van der Waals surface area contributed by atoms with Gasteiger partial charge in [0, 0.05) is 24.7 Å². The Morgan fingerprint density at radius 2 is 2.14 bits per heavy atom. The molecule has 1 saturated heterocycles. The number of anilines is 1. The minimum atomic E-state index is -3.22. The highest BCUT2D eigenvalue weighted by Crippen LogP contribution is 2.24. The maximum absolute atomic E-state index is 12.1. The van der Waals surface area contributed by atoms with Crippen LogP contribution < -0.4 is 14.9 Å². The van der Waals surface area contributed by atoms with Crippen molar-refractivity contribution in [2.24, 2.45) is 0 Å². The minimum Gasteiger partial charge on any atom is -0.350 e. The van der Waals surface area contributed by atoms with E-state index >= 15 is 0 Å². The third-order valence-electron chi connectivity index (χ3n) is 3.56. The average molecular weight is 348 g/mol. The lowest BCUT2D eigenvalue weighted by molar-refractivity contribution is 0.0950. The molecule has 0 bridgehead atoms. The quantitative estimate of drug-likeness (QED) is 0.832. The van der Waals surface area contributed by atoms with Gasteiger partial charge in [-0.2, -0.15) is 0 Å². The van der Waals surface area contributed by atoms with Crippen molar-refractivity contribution in [2.45, 2.75) is 19.4 Å². The lowest BCUT2D eigenvalue weighted by Crippen LogP contribution is -2.37. The second-order valence-corrected chi connectivity index (χ2v) is 7.20. The van der Waals surface area contributed by atoms with E-state index in [9.17, 15) is 13.2 Å². The van der Waals surface area contributed by atoms with Gasteiger partial charge in [-0.25, -0.2) is 8.42 Å². The molecule has 0 spiro atoms. The molecule has 1 aliphatic heterocycles. The third-order valence-corrected chi connectivity index (χ3v) is 5.43. The molecular formula is C14H22ClN3O3S. The molecule has 2 N–H and O–H groups in total. The number of nitrogens with zero attached hydrogens (tertiary/aromatic N) is 1. The van der Waals surface area contributed by atoms with Gasteiger partial charge >= 0.3 is 0 Å². The molecule has 1 fully saturated rings. The third kappa shape index (κ3) is 4.34. The molecule has 1 heterocycles. The maximum Gasteiger partial charge on any atom is 0.251 e. The van der Waals surface area contributed by atoms with Crippen LogP contribution in [0.25, 0.3) is 0 Å². The van der Waals surface area contributed by atoms with Gasteiger partial charge in [-0.05, 0) is 38.6 Å². The standard InChI is InChI=1S/C14H21N3O3S.ClH/c1-11(15-2)10-16-14(18)12-5-3-6-13(9-12)17-7-4-8-21(17,19)20;/h3,5-6,9,11,15H,4,7-8,10H2,1-2H3,(H,16,18);1H. The Hall–Kier alpha value is -1.31. The van der Waals surface area contributed by atoms with E-state index in [1.165, 1.54) is 4.31 Å². The van der Waals surface area contributed by atoms with Gasteiger partial charge in [0.2, 0.25) is 10.0 Å². The largest absolute Gasteiger partial charge is 0.350 e. The van der Waals surface area contributed by atoms with Crippen molar-refractivity contribution in [1.29, 1.82) is 0 Å². The van der Waals surface area contributed by atoms with Crippen LogP contribution in [0.3, 0.4) is 0 Å². The van der Waals surface area contributed by atoms with Crippen LogP contribution in [-0.4, -0.2) is 46.3 Å². The van der Waals surface area contributed by atoms with E-state index in [0.29, 0.717) is 30.8 Å². The van der Waals surface area contributed by atoms with Crippen molar-refractivity contribution in [3.8, 4) is 0 Å². The maximum atomic E-state index is 12.1. The van der Waals surface area contributed by atoms with E-state index in [2.05, 4.69) is 10.6 Å². The molecule has 0 saturated carbocycles. The summed E-state index contributed by atoms with van der Waals surface area (Å²) >= 11 is 0. The first-order valence-electron chi connectivity index (χ1n) is 7.00. The zero-order chi connectivity index (χ0) is 15.5. The normalized spacial score (nSPS) is 17.6. The van der Waals surface area contributed by atoms with Crippen LogP contribution in [-0.2, 0) is 10.0 Å². The Morgan fingerprint density at radius 1 is 1.41 bits per heavy atom. The highest BCUT2D eigenvalue weighted by Gasteiger charge is 2.28. The predicted molar refractivity (Wildman–Crippen MR) is 90.3 cm³/mol. The number of likely N-dealkylation sites (N-methyl/N-ethyl adjacent to an activating group) is 1. The summed E-state index contributed by atoms with van der Waals surface area (Å²) < 4.78 is 25.2. The Labute approximate surface area is 137 Å². The number of rotatable bonds is 5. The van der Waals surface area contributed by atoms with Crippen molar-refractivity contribution in [1.82, 2.24) is 10.6 Å². The van der Waals surface area contributed by atoms with E-state index in [4.69, 9.17) is 0 Å². The fraction of sp³-hybridized carbons (Fsp3) is 0.500. The van der Waals surface area contributed by atoms with Crippen LogP contribution >= 0.6 is 12.4 Å². The van der Waals surface area contributed by atoms with Crippen molar-refractivity contribution in [3.63, 3.8) is 0 Å². The van der Waals surface area contributed by atoms with Gasteiger partial charge in [0.05, 0.1) is 11.4 Å². The van der Waals surface area contributed by atoms with Gasteiger partial charge in [0.1, 0.15) is 0 Å². The first-order valence-corrected chi connectivity index (χ1v) is 8.61. The Bertz CT molecular complexity index is 622. The summed E-state index contributed by atoms with van der Waals surface area (Å²) in [6.45, 7) is 2.96. The van der Waals surface area contributed by atoms with E-state index in [1.807, 2.05) is 14.0 Å². The second kappa shape index (κ2) is 7.80. The van der Waals surface area contributed by atoms with E-state index in [0.717, 1.165) is 0 Å². The lowest BCUT2D eigenvalue weighted by atomic mass is 10.2. The fourth-order valence-corrected chi connectivity index (χ4v) is 3.74. The van der Waals surface area contributed by atoms with Crippen molar-refractivity contribution < 1.29 is 13.2 Å². The average Bonchev–Trinajstić information content (AvgIpc) is 2.83. The molecule has 0 aliphatic carbocycles. The molecule has 0 radical (unpaired) electrons. The van der Waals surface area contributed by atoms with Gasteiger partial charge in [0.15, 0.2) is 0 Å². The summed E-state index contributed by atoms with van der Waals surface area (Å²) in [6, 6.07) is 6.92. The van der Waals surface area contributed by atoms with Crippen molar-refractivity contribution >= 4 is 34.0 Å². The molecule has 1 aromatic carbocycles. The molecule has 1 aromatic rings. The van der Waals surface area contributed by atoms with Crippen molar-refractivity contribution in [3.05, 3.63) is 29.8 Å². The van der Waals surface area contributed by atoms with E-state index < -0.39 is 10.0 Å². The molecule has 1 amide bonds. The Morgan fingerprint density at radius 3 is 2.73 bits per heavy atom. The molecule has 8 heteroatoms. The fourth-order valence-electron chi connectivity index (χ4n) is 2.18. The lowest BCUT2D eigenvalue weighted by Gasteiger charge is -2.18. The number of amides is 1. The SMILES string of the molecule is CNC(C)CNC(=O)c1cccc(N2CCCS2(=O)=O)c1.Cl. The van der Waals surface area contributed by atoms with Crippen LogP contribution in [0.5, 0.6) is 0 Å². The monoisotopic (exact) mass is 347 g/mol. The van der Waals surface area contributed by atoms with E-state index in [1.54, 1.807) is 24.3 Å². The van der Waals surface area contributed by atoms with E-state index in [-0.39, 0.29) is 30.1 Å². The van der Waals surface area contributed by atoms with Gasteiger partial charge in [-0.1, -0.05) is 6.07 Å². The summed E-state index contributed by atoms with van der Waals surface area (Å²) in [6.07, 6.45) is 0.623. The summed E-state index contributed by atoms with van der Waals surface area (Å²) in [5.74, 6) is -0.0288. The van der Waals surface area contributed by atoms with Gasteiger partial charge in [0.25, 0.3) is 5.91 Å². The van der Waals surface area contributed by atoms with Crippen LogP contribution in [0, 0.1) is 0 Å². The van der Waals surface area contributed by atoms with Gasteiger partial charge < -0.3 is 10.6 Å². The number of halogens is 1. The highest BCUT2D eigenvalue weighted by atomic mass is 35.5. The topological polar surface area (TPSA) is 78.5 Å². The molecule has 2 rings (SSSR count). The Balaban J connectivity index is 0.00000242. The van der Waals surface area contributed by atoms with Crippen LogP contribution in [0.4, 0.5) is 5.69 Å². The smallest absolute Gasteiger partial charge is 0.251 e.